The van der Waals surface area contributed by atoms with Gasteiger partial charge in [-0.2, -0.15) is 0 Å². The molecule has 1 heteroatoms. The van der Waals surface area contributed by atoms with Crippen LogP contribution in [0, 0.1) is 23.7 Å². The highest BCUT2D eigenvalue weighted by atomic mass is 79.9. The molecular formula is C12H23Br. The van der Waals surface area contributed by atoms with Crippen LogP contribution in [0.15, 0.2) is 0 Å². The van der Waals surface area contributed by atoms with Gasteiger partial charge in [0.2, 0.25) is 0 Å². The van der Waals surface area contributed by atoms with Crippen molar-refractivity contribution in [1.29, 1.82) is 0 Å². The Labute approximate surface area is 91.6 Å². The standard InChI is InChI=1S/C12H23Br/c1-8-5-6-12(7-9(8)2)10(3)11(4)13/h8-12H,5-7H2,1-4H3. The van der Waals surface area contributed by atoms with Gasteiger partial charge in [0, 0.05) is 4.83 Å². The zero-order chi connectivity index (χ0) is 10.0. The summed E-state index contributed by atoms with van der Waals surface area (Å²) in [5, 5.41) is 0. The second kappa shape index (κ2) is 4.82. The van der Waals surface area contributed by atoms with E-state index < -0.39 is 0 Å². The molecule has 1 aliphatic rings. The van der Waals surface area contributed by atoms with Crippen molar-refractivity contribution in [3.8, 4) is 0 Å². The number of hydrogen-bond donors (Lipinski definition) is 0. The van der Waals surface area contributed by atoms with Gasteiger partial charge in [0.05, 0.1) is 0 Å². The Balaban J connectivity index is 2.45. The second-order valence-electron chi connectivity index (χ2n) is 5.06. The molecule has 0 N–H and O–H groups in total. The van der Waals surface area contributed by atoms with Gasteiger partial charge in [0.15, 0.2) is 0 Å². The number of halogens is 1. The Kier molecular flexibility index (Phi) is 4.28. The van der Waals surface area contributed by atoms with E-state index in [1.807, 2.05) is 0 Å². The van der Waals surface area contributed by atoms with E-state index in [4.69, 9.17) is 0 Å². The topological polar surface area (TPSA) is 0 Å². The van der Waals surface area contributed by atoms with Crippen LogP contribution in [0.25, 0.3) is 0 Å². The first-order chi connectivity index (χ1) is 6.02. The van der Waals surface area contributed by atoms with Crippen LogP contribution in [0.5, 0.6) is 0 Å². The first kappa shape index (κ1) is 11.6. The Morgan fingerprint density at radius 1 is 1.08 bits per heavy atom. The molecule has 0 saturated heterocycles. The minimum atomic E-state index is 0.679. The molecule has 0 heterocycles. The van der Waals surface area contributed by atoms with E-state index in [0.717, 1.165) is 23.7 Å². The summed E-state index contributed by atoms with van der Waals surface area (Å²) in [5.74, 6) is 3.69. The fourth-order valence-electron chi connectivity index (χ4n) is 2.44. The fourth-order valence-corrected chi connectivity index (χ4v) is 2.87. The zero-order valence-electron chi connectivity index (χ0n) is 9.39. The second-order valence-corrected chi connectivity index (χ2v) is 6.51. The lowest BCUT2D eigenvalue weighted by atomic mass is 9.71. The summed E-state index contributed by atoms with van der Waals surface area (Å²) in [6, 6.07) is 0. The summed E-state index contributed by atoms with van der Waals surface area (Å²) in [7, 11) is 0. The molecule has 0 nitrogen and oxygen atoms in total. The van der Waals surface area contributed by atoms with Gasteiger partial charge in [-0.15, -0.1) is 0 Å². The molecule has 13 heavy (non-hydrogen) atoms. The van der Waals surface area contributed by atoms with Crippen molar-refractivity contribution in [3.05, 3.63) is 0 Å². The van der Waals surface area contributed by atoms with Crippen molar-refractivity contribution >= 4 is 15.9 Å². The smallest absolute Gasteiger partial charge is 0.0145 e. The van der Waals surface area contributed by atoms with Crippen molar-refractivity contribution in [2.45, 2.75) is 51.8 Å². The van der Waals surface area contributed by atoms with Crippen LogP contribution in [0.1, 0.15) is 47.0 Å². The quantitative estimate of drug-likeness (QED) is 0.631. The molecule has 5 atom stereocenters. The number of rotatable bonds is 2. The van der Waals surface area contributed by atoms with Gasteiger partial charge in [0.25, 0.3) is 0 Å². The molecule has 0 aromatic heterocycles. The summed E-state index contributed by atoms with van der Waals surface area (Å²) in [6.07, 6.45) is 4.33. The van der Waals surface area contributed by atoms with Crippen LogP contribution >= 0.6 is 15.9 Å². The minimum absolute atomic E-state index is 0.679. The molecule has 0 spiro atoms. The van der Waals surface area contributed by atoms with Crippen LogP contribution < -0.4 is 0 Å². The summed E-state index contributed by atoms with van der Waals surface area (Å²) < 4.78 is 0. The third-order valence-corrected chi connectivity index (χ3v) is 4.94. The van der Waals surface area contributed by atoms with Crippen molar-refractivity contribution < 1.29 is 0 Å². The van der Waals surface area contributed by atoms with E-state index in [1.54, 1.807) is 0 Å². The zero-order valence-corrected chi connectivity index (χ0v) is 11.0. The first-order valence-corrected chi connectivity index (χ1v) is 6.58. The molecule has 0 aromatic rings. The van der Waals surface area contributed by atoms with Gasteiger partial charge in [-0.3, -0.25) is 0 Å². The Morgan fingerprint density at radius 3 is 2.15 bits per heavy atom. The third kappa shape index (κ3) is 2.97. The average Bonchev–Trinajstić information content (AvgIpc) is 2.08. The summed E-state index contributed by atoms with van der Waals surface area (Å²) in [4.78, 5) is 0.679. The van der Waals surface area contributed by atoms with Gasteiger partial charge in [0.1, 0.15) is 0 Å². The lowest BCUT2D eigenvalue weighted by Gasteiger charge is -2.36. The molecule has 1 saturated carbocycles. The highest BCUT2D eigenvalue weighted by Gasteiger charge is 2.29. The van der Waals surface area contributed by atoms with Crippen molar-refractivity contribution in [2.75, 3.05) is 0 Å². The summed E-state index contributed by atoms with van der Waals surface area (Å²) >= 11 is 3.71. The summed E-state index contributed by atoms with van der Waals surface area (Å²) in [6.45, 7) is 9.51. The Hall–Kier alpha value is 0.480. The van der Waals surface area contributed by atoms with Gasteiger partial charge < -0.3 is 0 Å². The maximum Gasteiger partial charge on any atom is 0.0145 e. The molecule has 1 fully saturated rings. The van der Waals surface area contributed by atoms with Crippen LogP contribution in [0.3, 0.4) is 0 Å². The fraction of sp³-hybridized carbons (Fsp3) is 1.00. The molecule has 0 bridgehead atoms. The van der Waals surface area contributed by atoms with Crippen molar-refractivity contribution in [2.24, 2.45) is 23.7 Å². The monoisotopic (exact) mass is 246 g/mol. The van der Waals surface area contributed by atoms with Gasteiger partial charge in [-0.1, -0.05) is 50.0 Å². The van der Waals surface area contributed by atoms with Crippen LogP contribution in [-0.2, 0) is 0 Å². The molecule has 0 amide bonds. The number of alkyl halides is 1. The predicted octanol–water partition coefficient (Wildman–Crippen LogP) is 4.48. The van der Waals surface area contributed by atoms with Crippen molar-refractivity contribution in [3.63, 3.8) is 0 Å². The van der Waals surface area contributed by atoms with Gasteiger partial charge in [-0.25, -0.2) is 0 Å². The SMILES string of the molecule is CC(Br)C(C)C1CCC(C)C(C)C1. The van der Waals surface area contributed by atoms with Gasteiger partial charge in [-0.05, 0) is 36.5 Å². The minimum Gasteiger partial charge on any atom is -0.0891 e. The van der Waals surface area contributed by atoms with Crippen LogP contribution in [0.4, 0.5) is 0 Å². The largest absolute Gasteiger partial charge is 0.0891 e. The lowest BCUT2D eigenvalue weighted by molar-refractivity contribution is 0.164. The molecule has 0 aromatic carbocycles. The molecule has 0 aliphatic heterocycles. The highest BCUT2D eigenvalue weighted by molar-refractivity contribution is 9.09. The predicted molar refractivity (Wildman–Crippen MR) is 63.2 cm³/mol. The molecule has 78 valence electrons. The normalized spacial score (nSPS) is 39.9. The van der Waals surface area contributed by atoms with E-state index in [2.05, 4.69) is 43.6 Å². The molecular weight excluding hydrogens is 224 g/mol. The van der Waals surface area contributed by atoms with Crippen LogP contribution in [-0.4, -0.2) is 4.83 Å². The maximum absolute atomic E-state index is 3.71. The van der Waals surface area contributed by atoms with E-state index >= 15 is 0 Å². The van der Waals surface area contributed by atoms with E-state index in [1.165, 1.54) is 19.3 Å². The van der Waals surface area contributed by atoms with E-state index in [9.17, 15) is 0 Å². The molecule has 1 rings (SSSR count). The molecule has 1 aliphatic carbocycles. The van der Waals surface area contributed by atoms with Gasteiger partial charge >= 0.3 is 0 Å². The highest BCUT2D eigenvalue weighted by Crippen LogP contribution is 2.39. The van der Waals surface area contributed by atoms with Crippen molar-refractivity contribution in [1.82, 2.24) is 0 Å². The Bertz CT molecular complexity index is 153. The molecule has 0 radical (unpaired) electrons. The van der Waals surface area contributed by atoms with Crippen LogP contribution in [0.2, 0.25) is 0 Å². The molecule has 5 unspecified atom stereocenters. The Morgan fingerprint density at radius 2 is 1.69 bits per heavy atom. The summed E-state index contributed by atoms with van der Waals surface area (Å²) in [5.41, 5.74) is 0. The first-order valence-electron chi connectivity index (χ1n) is 5.66. The van der Waals surface area contributed by atoms with E-state index in [0.29, 0.717) is 4.83 Å². The maximum atomic E-state index is 3.71. The number of hydrogen-bond acceptors (Lipinski definition) is 0. The average molecular weight is 247 g/mol. The third-order valence-electron chi connectivity index (χ3n) is 4.11. The lowest BCUT2D eigenvalue weighted by Crippen LogP contribution is -2.28. The van der Waals surface area contributed by atoms with E-state index in [-0.39, 0.29) is 0 Å².